The predicted molar refractivity (Wildman–Crippen MR) is 486 cm³/mol. The highest BCUT2D eigenvalue weighted by molar-refractivity contribution is 5.92. The molecule has 2 aliphatic heterocycles. The molecule has 0 unspecified atom stereocenters. The number of hydrogen-bond donors (Lipinski definition) is 7. The highest BCUT2D eigenvalue weighted by atomic mass is 16.6. The molecular weight excluding hydrogens is 1560 g/mol. The number of nitrogens with one attached hydrogen (secondary N) is 4. The summed E-state index contributed by atoms with van der Waals surface area (Å²) in [5, 5.41) is 27.2. The molecule has 0 spiro atoms. The van der Waals surface area contributed by atoms with E-state index in [1.807, 2.05) is 164 Å². The van der Waals surface area contributed by atoms with E-state index in [-0.39, 0.29) is 103 Å². The van der Waals surface area contributed by atoms with Crippen LogP contribution in [-0.2, 0) is 78.3 Å². The molecule has 6 aliphatic rings. The minimum Gasteiger partial charge on any atom is -0.481 e. The number of aliphatic carboxylic acids is 1. The van der Waals surface area contributed by atoms with Gasteiger partial charge in [0.2, 0.25) is 35.4 Å². The number of likely N-dealkylation sites (N-methyl/N-ethyl adjacent to an activating group) is 2. The number of carboxylic acids is 1. The number of esters is 4. The van der Waals surface area contributed by atoms with Crippen molar-refractivity contribution in [1.29, 1.82) is 0 Å². The number of hydroxylamine groups is 1. The van der Waals surface area contributed by atoms with Gasteiger partial charge in [0.15, 0.2) is 0 Å². The summed E-state index contributed by atoms with van der Waals surface area (Å²) in [5.74, 6) is -3.42. The van der Waals surface area contributed by atoms with Crippen LogP contribution in [0.25, 0.3) is 0 Å². The molecule has 1 aromatic carbocycles. The molecule has 6 fully saturated rings. The smallest absolute Gasteiger partial charge is 0.323 e. The minimum absolute atomic E-state index is 0.000509. The van der Waals surface area contributed by atoms with Crippen LogP contribution in [0.5, 0.6) is 0 Å². The topological polar surface area (TPSA) is 352 Å². The number of amides is 6. The van der Waals surface area contributed by atoms with Gasteiger partial charge in [-0.05, 0) is 166 Å². The Morgan fingerprint density at radius 3 is 1.02 bits per heavy atom. The lowest BCUT2D eigenvalue weighted by Crippen LogP contribution is -2.59. The third-order valence-corrected chi connectivity index (χ3v) is 23.7. The van der Waals surface area contributed by atoms with Crippen molar-refractivity contribution in [3.8, 4) is 0 Å². The van der Waals surface area contributed by atoms with Gasteiger partial charge in [-0.15, -0.1) is 6.58 Å². The number of benzene rings is 1. The first-order valence-corrected chi connectivity index (χ1v) is 46.1. The number of carbonyl (C=O) groups is 11. The van der Waals surface area contributed by atoms with E-state index in [2.05, 4.69) is 67.1 Å². The molecule has 26 heteroatoms. The number of nitrogens with two attached hydrogens (primary N) is 1. The van der Waals surface area contributed by atoms with Gasteiger partial charge in [-0.3, -0.25) is 57.9 Å². The number of ether oxygens (including phenoxy) is 4. The molecular formula is C97H171N9O17. The number of carbonyl (C=O) groups excluding carboxylic acids is 10. The first-order chi connectivity index (χ1) is 56.9. The maximum Gasteiger partial charge on any atom is 0.323 e. The van der Waals surface area contributed by atoms with Gasteiger partial charge in [0.05, 0.1) is 25.2 Å². The maximum atomic E-state index is 13.4. The lowest BCUT2D eigenvalue weighted by atomic mass is 9.84. The maximum absolute atomic E-state index is 13.4. The molecule has 7 rings (SSSR count). The zero-order chi connectivity index (χ0) is 93.6. The van der Waals surface area contributed by atoms with Crippen molar-refractivity contribution in [3.63, 3.8) is 0 Å². The zero-order valence-corrected chi connectivity index (χ0v) is 81.0. The Balaban J connectivity index is 0.000000525. The quantitative estimate of drug-likeness (QED) is 0.0129. The lowest BCUT2D eigenvalue weighted by molar-refractivity contribution is -0.160. The second-order valence-corrected chi connectivity index (χ2v) is 42.9. The van der Waals surface area contributed by atoms with Gasteiger partial charge in [-0.25, -0.2) is 5.48 Å². The van der Waals surface area contributed by atoms with E-state index in [1.54, 1.807) is 26.3 Å². The third-order valence-electron chi connectivity index (χ3n) is 23.7. The molecule has 706 valence electrons. The molecule has 26 nitrogen and oxygen atoms in total. The van der Waals surface area contributed by atoms with E-state index in [0.29, 0.717) is 69.1 Å². The Hall–Kier alpha value is -7.03. The number of nitrogens with zero attached hydrogens (tertiary/aromatic N) is 4. The van der Waals surface area contributed by atoms with Gasteiger partial charge in [0.25, 0.3) is 0 Å². The molecule has 0 bridgehead atoms. The molecule has 2 heterocycles. The van der Waals surface area contributed by atoms with E-state index in [1.165, 1.54) is 51.4 Å². The van der Waals surface area contributed by atoms with Crippen LogP contribution >= 0.6 is 0 Å². The first kappa shape index (κ1) is 112. The Morgan fingerprint density at radius 1 is 0.455 bits per heavy atom. The molecule has 0 aromatic heterocycles. The highest BCUT2D eigenvalue weighted by Gasteiger charge is 2.42. The van der Waals surface area contributed by atoms with Crippen molar-refractivity contribution in [2.75, 3.05) is 66.5 Å². The van der Waals surface area contributed by atoms with Gasteiger partial charge in [0.1, 0.15) is 41.5 Å². The molecule has 6 amide bonds. The van der Waals surface area contributed by atoms with Crippen LogP contribution in [0.1, 0.15) is 325 Å². The number of piperazine rings is 2. The fourth-order valence-electron chi connectivity index (χ4n) is 15.7. The van der Waals surface area contributed by atoms with Crippen molar-refractivity contribution in [2.24, 2.45) is 74.7 Å². The van der Waals surface area contributed by atoms with Crippen molar-refractivity contribution in [3.05, 3.63) is 48.6 Å². The summed E-state index contributed by atoms with van der Waals surface area (Å²) in [6, 6.07) is 7.77. The van der Waals surface area contributed by atoms with Crippen LogP contribution in [0.2, 0.25) is 0 Å². The Kier molecular flexibility index (Phi) is 48.8. The number of rotatable bonds is 29. The standard InChI is InChI=1S/C25H45N3O4.C21H38N4O4.C20H37NO3.C14H24O4.C13H19NO2.C4H8/c1-24(2,3)21(23(31)28-14-12-27(7)13-15-28)26-22(30)19(16-18-10-8-9-11-18)17-20(29)32-25(4,5)6;1-21(2,3)18(20(28)25-11-9-24(4)10-12-25)22-19(27)16(14-17(26)23-29)13-15-7-5-6-8-15;1-14(19(2,3)4)21-18(23)16(12-15-10-8-9-11-15)13-17(22)24-20(5,6)7;1-14(2,3)18-12(15)9-11(13(16)17)8-10-6-4-5-7-10;1-13(2,3)11(14)12(15)16-9-10-7-5-4-6-8-10;1-3-4-2/h18-19,21H,8-17H2,1-7H3,(H,26,30);15-16,18,29H,5-14H2,1-4H3,(H,22,27)(H,23,26);14-16H,8-13H2,1-7H3,(H,21,23);10-11H,4-9H2,1-3H3,(H,16,17);4-8,11H,9,14H2,1-3H3;3H,1,4H2,2H3/t19-,21-;16-,18-;14-,16-;2*11-;/m11111./s1. The SMILES string of the molecule is C=CCC.CC(C)(C)OC(=O)C[C@@H](CC1CCCC1)C(=O)O.CC(C)(C)[C@H](N)C(=O)OCc1ccccc1.CN1CCN(C(=O)[C@@H](NC(=O)[C@@H](CC(=O)NO)CC2CCCC2)C(C)(C)C)CC1.CN1CCN(C(=O)[C@@H](NC(=O)[C@@H](CC(=O)OC(C)(C)C)CC2CCCC2)C(C)(C)C)CC1.C[C@@H](NC(=O)[C@@H](CC(=O)OC(C)(C)C)CC1CCCC1)C(C)(C)C. The van der Waals surface area contributed by atoms with Gasteiger partial charge >= 0.3 is 29.8 Å². The first-order valence-electron chi connectivity index (χ1n) is 46.1. The van der Waals surface area contributed by atoms with E-state index in [9.17, 15) is 57.8 Å². The summed E-state index contributed by atoms with van der Waals surface area (Å²) in [5.41, 5.74) is 5.60. The average molecular weight is 1740 g/mol. The Bertz CT molecular complexity index is 3350. The monoisotopic (exact) mass is 1730 g/mol. The second-order valence-electron chi connectivity index (χ2n) is 42.9. The summed E-state index contributed by atoms with van der Waals surface area (Å²) >= 11 is 0. The van der Waals surface area contributed by atoms with E-state index >= 15 is 0 Å². The van der Waals surface area contributed by atoms with Crippen molar-refractivity contribution >= 4 is 65.3 Å². The predicted octanol–water partition coefficient (Wildman–Crippen LogP) is 15.8. The summed E-state index contributed by atoms with van der Waals surface area (Å²) in [6.45, 7) is 54.1. The lowest BCUT2D eigenvalue weighted by Gasteiger charge is -2.39. The van der Waals surface area contributed by atoms with Crippen molar-refractivity contribution in [1.82, 2.24) is 41.0 Å². The van der Waals surface area contributed by atoms with Crippen LogP contribution in [0.15, 0.2) is 43.0 Å². The fraction of sp³-hybridized carbons (Fsp3) is 0.804. The second kappa shape index (κ2) is 53.6. The molecule has 2 saturated heterocycles. The molecule has 8 atom stereocenters. The average Bonchev–Trinajstić information content (AvgIpc) is 1.81. The van der Waals surface area contributed by atoms with Crippen LogP contribution in [0.3, 0.4) is 0 Å². The Labute approximate surface area is 741 Å². The van der Waals surface area contributed by atoms with Gasteiger partial charge in [-0.2, -0.15) is 0 Å². The normalized spacial score (nSPS) is 18.7. The third kappa shape index (κ3) is 47.4. The fourth-order valence-corrected chi connectivity index (χ4v) is 15.7. The highest BCUT2D eigenvalue weighted by Crippen LogP contribution is 2.37. The summed E-state index contributed by atoms with van der Waals surface area (Å²) < 4.78 is 21.3. The van der Waals surface area contributed by atoms with Crippen LogP contribution in [-0.4, -0.2) is 203 Å². The van der Waals surface area contributed by atoms with Crippen LogP contribution in [0.4, 0.5) is 0 Å². The number of carboxylic acid groups (broad SMARTS) is 1. The number of allylic oxidation sites excluding steroid dienone is 1. The van der Waals surface area contributed by atoms with E-state index < -0.39 is 81.4 Å². The Morgan fingerprint density at radius 2 is 0.748 bits per heavy atom. The molecule has 4 aliphatic carbocycles. The largest absolute Gasteiger partial charge is 0.481 e. The summed E-state index contributed by atoms with van der Waals surface area (Å²) in [6.07, 6.45) is 24.2. The summed E-state index contributed by atoms with van der Waals surface area (Å²) in [4.78, 5) is 145. The van der Waals surface area contributed by atoms with E-state index in [4.69, 9.17) is 29.9 Å². The molecule has 4 saturated carbocycles. The number of hydrogen-bond acceptors (Lipinski definition) is 19. The van der Waals surface area contributed by atoms with Crippen LogP contribution in [0, 0.1) is 69.0 Å². The zero-order valence-electron chi connectivity index (χ0n) is 81.0. The molecule has 123 heavy (non-hydrogen) atoms. The van der Waals surface area contributed by atoms with Crippen LogP contribution < -0.4 is 27.2 Å². The van der Waals surface area contributed by atoms with Gasteiger partial charge in [0, 0.05) is 82.6 Å². The van der Waals surface area contributed by atoms with Gasteiger partial charge < -0.3 is 65.3 Å². The van der Waals surface area contributed by atoms with Crippen molar-refractivity contribution in [2.45, 2.75) is 367 Å². The summed E-state index contributed by atoms with van der Waals surface area (Å²) in [7, 11) is 4.08. The van der Waals surface area contributed by atoms with Crippen molar-refractivity contribution < 1.29 is 82.0 Å². The molecule has 0 radical (unpaired) electrons. The van der Waals surface area contributed by atoms with E-state index in [0.717, 1.165) is 96.0 Å². The van der Waals surface area contributed by atoms with Gasteiger partial charge in [-0.1, -0.05) is 229 Å². The molecule has 1 aromatic rings. The molecule has 8 N–H and O–H groups in total. The minimum atomic E-state index is -0.882.